The molecular formula is C21H21N5O2. The molecule has 0 fully saturated rings. The van der Waals surface area contributed by atoms with Crippen molar-refractivity contribution in [2.75, 3.05) is 12.4 Å². The van der Waals surface area contributed by atoms with Gasteiger partial charge in [0.25, 0.3) is 5.91 Å². The number of amides is 1. The molecule has 3 aromatic heterocycles. The third-order valence-electron chi connectivity index (χ3n) is 4.70. The Bertz CT molecular complexity index is 1210. The maximum absolute atomic E-state index is 13.0. The van der Waals surface area contributed by atoms with Crippen molar-refractivity contribution in [3.05, 3.63) is 53.5 Å². The van der Waals surface area contributed by atoms with Gasteiger partial charge in [0.15, 0.2) is 5.65 Å². The van der Waals surface area contributed by atoms with Crippen LogP contribution < -0.4 is 10.1 Å². The summed E-state index contributed by atoms with van der Waals surface area (Å²) in [5, 5.41) is 9.16. The Morgan fingerprint density at radius 2 is 2.04 bits per heavy atom. The number of anilines is 1. The standard InChI is InChI=1S/C21H21N5O2/c1-5-26-20-19(13(3)25-26)17(8-12(2)23-20)21(27)24-15-9-14-6-7-16(28-4)10-18(14)22-11-15/h6-11H,5H2,1-4H3,(H,24,27). The number of nitrogens with zero attached hydrogens (tertiary/aromatic N) is 4. The molecular weight excluding hydrogens is 354 g/mol. The smallest absolute Gasteiger partial charge is 0.256 e. The van der Waals surface area contributed by atoms with Crippen LogP contribution in [0.15, 0.2) is 36.5 Å². The van der Waals surface area contributed by atoms with Crippen LogP contribution in [0.1, 0.15) is 28.7 Å². The van der Waals surface area contributed by atoms with Gasteiger partial charge in [-0.15, -0.1) is 0 Å². The predicted molar refractivity (Wildman–Crippen MR) is 109 cm³/mol. The lowest BCUT2D eigenvalue weighted by Gasteiger charge is -2.09. The van der Waals surface area contributed by atoms with Gasteiger partial charge < -0.3 is 10.1 Å². The number of fused-ring (bicyclic) bond motifs is 2. The van der Waals surface area contributed by atoms with E-state index in [0.717, 1.165) is 39.1 Å². The zero-order valence-corrected chi connectivity index (χ0v) is 16.3. The molecule has 0 spiro atoms. The van der Waals surface area contributed by atoms with Gasteiger partial charge in [-0.1, -0.05) is 0 Å². The Balaban J connectivity index is 1.72. The molecule has 0 unspecified atom stereocenters. The first kappa shape index (κ1) is 17.9. The fraction of sp³-hybridized carbons (Fsp3) is 0.238. The van der Waals surface area contributed by atoms with Gasteiger partial charge in [-0.05, 0) is 45.0 Å². The lowest BCUT2D eigenvalue weighted by molar-refractivity contribution is 0.102. The number of benzene rings is 1. The summed E-state index contributed by atoms with van der Waals surface area (Å²) in [6.45, 7) is 6.47. The van der Waals surface area contributed by atoms with E-state index in [9.17, 15) is 4.79 Å². The van der Waals surface area contributed by atoms with E-state index >= 15 is 0 Å². The molecule has 3 heterocycles. The van der Waals surface area contributed by atoms with E-state index in [2.05, 4.69) is 20.4 Å². The highest BCUT2D eigenvalue weighted by Gasteiger charge is 2.18. The van der Waals surface area contributed by atoms with Crippen LogP contribution in [0, 0.1) is 13.8 Å². The minimum absolute atomic E-state index is 0.205. The summed E-state index contributed by atoms with van der Waals surface area (Å²) < 4.78 is 7.04. The lowest BCUT2D eigenvalue weighted by Crippen LogP contribution is -2.13. The SMILES string of the molecule is CCn1nc(C)c2c(C(=O)Nc3cnc4cc(OC)ccc4c3)cc(C)nc21. The van der Waals surface area contributed by atoms with Crippen molar-refractivity contribution >= 4 is 33.5 Å². The Labute approximate surface area is 162 Å². The van der Waals surface area contributed by atoms with E-state index in [1.54, 1.807) is 19.4 Å². The number of hydrogen-bond donors (Lipinski definition) is 1. The van der Waals surface area contributed by atoms with Gasteiger partial charge in [-0.3, -0.25) is 9.78 Å². The van der Waals surface area contributed by atoms with Crippen molar-refractivity contribution in [3.8, 4) is 5.75 Å². The second kappa shape index (κ2) is 6.92. The monoisotopic (exact) mass is 375 g/mol. The molecule has 7 heteroatoms. The number of methoxy groups -OCH3 is 1. The first-order valence-corrected chi connectivity index (χ1v) is 9.10. The molecule has 0 radical (unpaired) electrons. The number of aromatic nitrogens is 4. The predicted octanol–water partition coefficient (Wildman–Crippen LogP) is 3.88. The highest BCUT2D eigenvalue weighted by molar-refractivity contribution is 6.13. The summed E-state index contributed by atoms with van der Waals surface area (Å²) in [4.78, 5) is 22.0. The van der Waals surface area contributed by atoms with Gasteiger partial charge in [0.2, 0.25) is 0 Å². The largest absolute Gasteiger partial charge is 0.497 e. The number of pyridine rings is 2. The van der Waals surface area contributed by atoms with Crippen molar-refractivity contribution in [1.82, 2.24) is 19.7 Å². The van der Waals surface area contributed by atoms with Gasteiger partial charge >= 0.3 is 0 Å². The summed E-state index contributed by atoms with van der Waals surface area (Å²) in [5.74, 6) is 0.541. The van der Waals surface area contributed by atoms with E-state index in [0.29, 0.717) is 17.8 Å². The molecule has 7 nitrogen and oxygen atoms in total. The van der Waals surface area contributed by atoms with Gasteiger partial charge in [-0.2, -0.15) is 5.10 Å². The molecule has 1 aromatic carbocycles. The zero-order valence-electron chi connectivity index (χ0n) is 16.3. The van der Waals surface area contributed by atoms with Crippen molar-refractivity contribution in [3.63, 3.8) is 0 Å². The Morgan fingerprint density at radius 3 is 2.79 bits per heavy atom. The molecule has 4 rings (SSSR count). The molecule has 0 aliphatic rings. The molecule has 1 N–H and O–H groups in total. The first-order valence-electron chi connectivity index (χ1n) is 9.10. The van der Waals surface area contributed by atoms with Crippen LogP contribution in [0.5, 0.6) is 5.75 Å². The van der Waals surface area contributed by atoms with Crippen LogP contribution >= 0.6 is 0 Å². The number of nitrogens with one attached hydrogen (secondary N) is 1. The normalized spacial score (nSPS) is 11.1. The van der Waals surface area contributed by atoms with Crippen LogP contribution in [0.3, 0.4) is 0 Å². The van der Waals surface area contributed by atoms with Gasteiger partial charge in [0.1, 0.15) is 5.75 Å². The summed E-state index contributed by atoms with van der Waals surface area (Å²) >= 11 is 0. The van der Waals surface area contributed by atoms with Gasteiger partial charge in [0, 0.05) is 23.7 Å². The molecule has 0 atom stereocenters. The van der Waals surface area contributed by atoms with Gasteiger partial charge in [-0.25, -0.2) is 9.67 Å². The minimum Gasteiger partial charge on any atom is -0.497 e. The summed E-state index contributed by atoms with van der Waals surface area (Å²) in [6, 6.07) is 9.34. The number of aryl methyl sites for hydroxylation is 3. The third kappa shape index (κ3) is 3.05. The Hall–Kier alpha value is -3.48. The minimum atomic E-state index is -0.205. The number of rotatable bonds is 4. The average molecular weight is 375 g/mol. The molecule has 0 aliphatic heterocycles. The zero-order chi connectivity index (χ0) is 19.8. The molecule has 0 bridgehead atoms. The van der Waals surface area contributed by atoms with Crippen LogP contribution in [0.2, 0.25) is 0 Å². The Morgan fingerprint density at radius 1 is 1.21 bits per heavy atom. The van der Waals surface area contributed by atoms with E-state index in [-0.39, 0.29) is 5.91 Å². The number of ether oxygens (including phenoxy) is 1. The molecule has 1 amide bonds. The average Bonchev–Trinajstić information content (AvgIpc) is 3.02. The van der Waals surface area contributed by atoms with E-state index in [1.807, 2.05) is 49.7 Å². The van der Waals surface area contributed by atoms with Crippen molar-refractivity contribution in [2.24, 2.45) is 0 Å². The Kier molecular flexibility index (Phi) is 4.43. The maximum Gasteiger partial charge on any atom is 0.256 e. The fourth-order valence-corrected chi connectivity index (χ4v) is 3.37. The number of carbonyl (C=O) groups is 1. The van der Waals surface area contributed by atoms with Crippen LogP contribution in [0.4, 0.5) is 5.69 Å². The second-order valence-electron chi connectivity index (χ2n) is 6.65. The third-order valence-corrected chi connectivity index (χ3v) is 4.70. The molecule has 28 heavy (non-hydrogen) atoms. The van der Waals surface area contributed by atoms with Crippen LogP contribution in [-0.4, -0.2) is 32.8 Å². The number of hydrogen-bond acceptors (Lipinski definition) is 5. The highest BCUT2D eigenvalue weighted by Crippen LogP contribution is 2.25. The summed E-state index contributed by atoms with van der Waals surface area (Å²) in [6.07, 6.45) is 1.65. The number of carbonyl (C=O) groups excluding carboxylic acids is 1. The molecule has 0 saturated heterocycles. The van der Waals surface area contributed by atoms with Crippen molar-refractivity contribution < 1.29 is 9.53 Å². The van der Waals surface area contributed by atoms with Crippen LogP contribution in [-0.2, 0) is 6.54 Å². The first-order chi connectivity index (χ1) is 13.5. The van der Waals surface area contributed by atoms with Crippen molar-refractivity contribution in [1.29, 1.82) is 0 Å². The molecule has 0 saturated carbocycles. The van der Waals surface area contributed by atoms with E-state index in [4.69, 9.17) is 4.74 Å². The maximum atomic E-state index is 13.0. The second-order valence-corrected chi connectivity index (χ2v) is 6.65. The summed E-state index contributed by atoms with van der Waals surface area (Å²) in [5.41, 5.74) is 4.29. The lowest BCUT2D eigenvalue weighted by atomic mass is 10.1. The fourth-order valence-electron chi connectivity index (χ4n) is 3.37. The highest BCUT2D eigenvalue weighted by atomic mass is 16.5. The topological polar surface area (TPSA) is 81.9 Å². The van der Waals surface area contributed by atoms with Crippen LogP contribution in [0.25, 0.3) is 21.9 Å². The molecule has 142 valence electrons. The molecule has 0 aliphatic carbocycles. The van der Waals surface area contributed by atoms with Gasteiger partial charge in [0.05, 0.1) is 41.2 Å². The summed E-state index contributed by atoms with van der Waals surface area (Å²) in [7, 11) is 1.62. The van der Waals surface area contributed by atoms with E-state index in [1.165, 1.54) is 0 Å². The molecule has 4 aromatic rings. The quantitative estimate of drug-likeness (QED) is 0.585. The van der Waals surface area contributed by atoms with E-state index < -0.39 is 0 Å². The van der Waals surface area contributed by atoms with Crippen molar-refractivity contribution in [2.45, 2.75) is 27.3 Å².